The van der Waals surface area contributed by atoms with Crippen molar-refractivity contribution in [3.8, 4) is 17.2 Å². The van der Waals surface area contributed by atoms with E-state index in [4.69, 9.17) is 0 Å². The van der Waals surface area contributed by atoms with Crippen LogP contribution in [0.4, 0.5) is 5.69 Å². The molecule has 3 rings (SSSR count). The van der Waals surface area contributed by atoms with E-state index >= 15 is 0 Å². The highest BCUT2D eigenvalue weighted by atomic mass is 32.2. The van der Waals surface area contributed by atoms with Crippen molar-refractivity contribution in [2.75, 3.05) is 11.6 Å². The zero-order chi connectivity index (χ0) is 16.8. The second-order valence-corrected chi connectivity index (χ2v) is 6.32. The highest BCUT2D eigenvalue weighted by molar-refractivity contribution is 7.98. The molecule has 24 heavy (non-hydrogen) atoms. The minimum atomic E-state index is 0.706. The first-order chi connectivity index (χ1) is 11.8. The molecule has 118 valence electrons. The van der Waals surface area contributed by atoms with Gasteiger partial charge in [-0.15, -0.1) is 11.8 Å². The number of benzene rings is 3. The van der Waals surface area contributed by atoms with Crippen LogP contribution in [-0.4, -0.2) is 6.26 Å². The summed E-state index contributed by atoms with van der Waals surface area (Å²) in [4.78, 5) is 1.25. The Balaban J connectivity index is 1.72. The maximum Gasteiger partial charge on any atom is 0.0998 e. The lowest BCUT2D eigenvalue weighted by Gasteiger charge is -2.09. The van der Waals surface area contributed by atoms with Crippen molar-refractivity contribution < 1.29 is 0 Å². The average Bonchev–Trinajstić information content (AvgIpc) is 2.67. The van der Waals surface area contributed by atoms with Gasteiger partial charge in [0.25, 0.3) is 0 Å². The molecule has 1 N–H and O–H groups in total. The molecule has 0 aliphatic heterocycles. The molecule has 0 unspecified atom stereocenters. The molecule has 0 heterocycles. The first kappa shape index (κ1) is 16.2. The molecule has 3 aromatic rings. The van der Waals surface area contributed by atoms with Crippen LogP contribution in [0.2, 0.25) is 0 Å². The van der Waals surface area contributed by atoms with E-state index in [1.807, 2.05) is 24.3 Å². The lowest BCUT2D eigenvalue weighted by atomic mass is 9.99. The number of thioether (sulfide) groups is 1. The zero-order valence-electron chi connectivity index (χ0n) is 13.5. The van der Waals surface area contributed by atoms with Crippen LogP contribution in [-0.2, 0) is 6.54 Å². The van der Waals surface area contributed by atoms with E-state index in [2.05, 4.69) is 66.2 Å². The fourth-order valence-electron chi connectivity index (χ4n) is 2.57. The summed E-state index contributed by atoms with van der Waals surface area (Å²) in [7, 11) is 0. The highest BCUT2D eigenvalue weighted by Gasteiger charge is 2.04. The monoisotopic (exact) mass is 330 g/mol. The maximum atomic E-state index is 9.23. The van der Waals surface area contributed by atoms with Crippen LogP contribution in [0.15, 0.2) is 77.7 Å². The van der Waals surface area contributed by atoms with E-state index in [1.54, 1.807) is 11.8 Å². The molecule has 0 atom stereocenters. The standard InChI is InChI=1S/C21H18N2S/c1-24-20-7-4-6-19(13-20)23-15-16-9-11-17(12-10-16)21-8-3-2-5-18(21)14-22/h2-13,23H,15H2,1H3. The Morgan fingerprint density at radius 3 is 2.50 bits per heavy atom. The van der Waals surface area contributed by atoms with Crippen LogP contribution in [0, 0.1) is 11.3 Å². The number of nitrogens with one attached hydrogen (secondary N) is 1. The Morgan fingerprint density at radius 2 is 1.75 bits per heavy atom. The number of hydrogen-bond donors (Lipinski definition) is 1. The summed E-state index contributed by atoms with van der Waals surface area (Å²) in [6.07, 6.45) is 2.08. The van der Waals surface area contributed by atoms with Crippen LogP contribution in [0.1, 0.15) is 11.1 Å². The number of rotatable bonds is 5. The Hall–Kier alpha value is -2.70. The summed E-state index contributed by atoms with van der Waals surface area (Å²) in [5.41, 5.74) is 5.09. The minimum absolute atomic E-state index is 0.706. The van der Waals surface area contributed by atoms with Gasteiger partial charge in [-0.2, -0.15) is 5.26 Å². The van der Waals surface area contributed by atoms with Crippen molar-refractivity contribution >= 4 is 17.4 Å². The molecule has 0 saturated heterocycles. The van der Waals surface area contributed by atoms with Crippen molar-refractivity contribution in [3.05, 3.63) is 83.9 Å². The van der Waals surface area contributed by atoms with Crippen LogP contribution < -0.4 is 5.32 Å². The summed E-state index contributed by atoms with van der Waals surface area (Å²) in [5, 5.41) is 12.7. The Kier molecular flexibility index (Phi) is 5.20. The second kappa shape index (κ2) is 7.72. The van der Waals surface area contributed by atoms with Crippen molar-refractivity contribution in [1.29, 1.82) is 5.26 Å². The summed E-state index contributed by atoms with van der Waals surface area (Å²) >= 11 is 1.74. The molecule has 0 aliphatic rings. The van der Waals surface area contributed by atoms with Crippen LogP contribution >= 0.6 is 11.8 Å². The number of anilines is 1. The van der Waals surface area contributed by atoms with Crippen LogP contribution in [0.3, 0.4) is 0 Å². The third-order valence-electron chi connectivity index (χ3n) is 3.88. The summed E-state index contributed by atoms with van der Waals surface area (Å²) in [6.45, 7) is 0.776. The number of hydrogen-bond acceptors (Lipinski definition) is 3. The average molecular weight is 330 g/mol. The minimum Gasteiger partial charge on any atom is -0.381 e. The quantitative estimate of drug-likeness (QED) is 0.622. The Morgan fingerprint density at radius 1 is 0.958 bits per heavy atom. The van der Waals surface area contributed by atoms with Gasteiger partial charge in [0.1, 0.15) is 0 Å². The molecule has 3 heteroatoms. The van der Waals surface area contributed by atoms with Crippen molar-refractivity contribution in [1.82, 2.24) is 0 Å². The van der Waals surface area contributed by atoms with Crippen molar-refractivity contribution in [2.45, 2.75) is 11.4 Å². The third-order valence-corrected chi connectivity index (χ3v) is 4.60. The van der Waals surface area contributed by atoms with E-state index < -0.39 is 0 Å². The lowest BCUT2D eigenvalue weighted by molar-refractivity contribution is 1.14. The largest absolute Gasteiger partial charge is 0.381 e. The molecular weight excluding hydrogens is 312 g/mol. The predicted molar refractivity (Wildman–Crippen MR) is 102 cm³/mol. The van der Waals surface area contributed by atoms with Gasteiger partial charge in [0, 0.05) is 17.1 Å². The van der Waals surface area contributed by atoms with Gasteiger partial charge in [0.2, 0.25) is 0 Å². The second-order valence-electron chi connectivity index (χ2n) is 5.44. The fraction of sp³-hybridized carbons (Fsp3) is 0.0952. The Labute approximate surface area is 147 Å². The smallest absolute Gasteiger partial charge is 0.0998 e. The van der Waals surface area contributed by atoms with Gasteiger partial charge in [-0.25, -0.2) is 0 Å². The summed E-state index contributed by atoms with van der Waals surface area (Å²) in [6, 6.07) is 26.7. The van der Waals surface area contributed by atoms with Crippen molar-refractivity contribution in [2.24, 2.45) is 0 Å². The molecule has 0 spiro atoms. The van der Waals surface area contributed by atoms with E-state index in [1.165, 1.54) is 10.5 Å². The van der Waals surface area contributed by atoms with Gasteiger partial charge < -0.3 is 5.32 Å². The molecule has 0 fully saturated rings. The maximum absolute atomic E-state index is 9.23. The number of nitrogens with zero attached hydrogens (tertiary/aromatic N) is 1. The Bertz CT molecular complexity index is 864. The van der Waals surface area contributed by atoms with Crippen LogP contribution in [0.5, 0.6) is 0 Å². The van der Waals surface area contributed by atoms with E-state index in [9.17, 15) is 5.26 Å². The molecule has 0 amide bonds. The molecule has 0 bridgehead atoms. The topological polar surface area (TPSA) is 35.8 Å². The lowest BCUT2D eigenvalue weighted by Crippen LogP contribution is -1.99. The highest BCUT2D eigenvalue weighted by Crippen LogP contribution is 2.24. The third kappa shape index (κ3) is 3.79. The van der Waals surface area contributed by atoms with Gasteiger partial charge in [-0.1, -0.05) is 48.5 Å². The van der Waals surface area contributed by atoms with Crippen LogP contribution in [0.25, 0.3) is 11.1 Å². The van der Waals surface area contributed by atoms with E-state index in [0.717, 1.165) is 23.4 Å². The molecule has 2 nitrogen and oxygen atoms in total. The van der Waals surface area contributed by atoms with E-state index in [-0.39, 0.29) is 0 Å². The summed E-state index contributed by atoms with van der Waals surface area (Å²) < 4.78 is 0. The summed E-state index contributed by atoms with van der Waals surface area (Å²) in [5.74, 6) is 0. The SMILES string of the molecule is CSc1cccc(NCc2ccc(-c3ccccc3C#N)cc2)c1. The molecular formula is C21H18N2S. The van der Waals surface area contributed by atoms with Gasteiger partial charge >= 0.3 is 0 Å². The molecule has 3 aromatic carbocycles. The van der Waals surface area contributed by atoms with Gasteiger partial charge in [-0.05, 0) is 47.2 Å². The molecule has 0 aliphatic carbocycles. The van der Waals surface area contributed by atoms with Crippen molar-refractivity contribution in [3.63, 3.8) is 0 Å². The molecule has 0 radical (unpaired) electrons. The normalized spacial score (nSPS) is 10.2. The number of nitriles is 1. The van der Waals surface area contributed by atoms with E-state index in [0.29, 0.717) is 5.56 Å². The van der Waals surface area contributed by atoms with Gasteiger partial charge in [-0.3, -0.25) is 0 Å². The fourth-order valence-corrected chi connectivity index (χ4v) is 3.03. The first-order valence-corrected chi connectivity index (χ1v) is 8.99. The molecule has 0 saturated carbocycles. The van der Waals surface area contributed by atoms with Gasteiger partial charge in [0.05, 0.1) is 11.6 Å². The first-order valence-electron chi connectivity index (χ1n) is 7.76. The van der Waals surface area contributed by atoms with Gasteiger partial charge in [0.15, 0.2) is 0 Å². The molecule has 0 aromatic heterocycles. The predicted octanol–water partition coefficient (Wildman–Crippen LogP) is 5.56. The zero-order valence-corrected chi connectivity index (χ0v) is 14.3.